The molecule has 0 saturated carbocycles. The van der Waals surface area contributed by atoms with Crippen molar-refractivity contribution >= 4 is 35.6 Å². The molecule has 2 heterocycles. The van der Waals surface area contributed by atoms with Crippen molar-refractivity contribution in [1.82, 2.24) is 20.5 Å². The van der Waals surface area contributed by atoms with E-state index in [1.165, 1.54) is 53.7 Å². The summed E-state index contributed by atoms with van der Waals surface area (Å²) in [5.74, 6) is 0. The molecule has 0 radical (unpaired) electrons. The molecule has 1 aliphatic rings. The second kappa shape index (κ2) is 20.6. The van der Waals surface area contributed by atoms with Gasteiger partial charge in [0.2, 0.25) is 0 Å². The monoisotopic (exact) mass is 904 g/mol. The summed E-state index contributed by atoms with van der Waals surface area (Å²) in [6.07, 6.45) is -3.57. The molecule has 1 aromatic heterocycles. The summed E-state index contributed by atoms with van der Waals surface area (Å²) >= 11 is 0. The maximum atomic E-state index is 13.7. The Morgan fingerprint density at radius 2 is 1.37 bits per heavy atom. The average molecular weight is 905 g/mol. The van der Waals surface area contributed by atoms with Crippen LogP contribution in [0.15, 0.2) is 133 Å². The van der Waals surface area contributed by atoms with Gasteiger partial charge in [-0.15, -0.1) is 0 Å². The van der Waals surface area contributed by atoms with E-state index < -0.39 is 52.8 Å². The number of benzene rings is 3. The van der Waals surface area contributed by atoms with Gasteiger partial charge in [0.15, 0.2) is 0 Å². The molecule has 0 unspecified atom stereocenters. The van der Waals surface area contributed by atoms with Crippen molar-refractivity contribution < 1.29 is 49.1 Å². The van der Waals surface area contributed by atoms with Gasteiger partial charge in [-0.05, 0) is 109 Å². The van der Waals surface area contributed by atoms with Crippen LogP contribution in [-0.4, -0.2) is 35.0 Å². The van der Waals surface area contributed by atoms with Crippen LogP contribution in [0, 0.1) is 22.7 Å². The van der Waals surface area contributed by atoms with Crippen LogP contribution < -0.4 is 20.4 Å². The van der Waals surface area contributed by atoms with Gasteiger partial charge >= 0.3 is 30.6 Å². The minimum atomic E-state index is -5.09. The number of halogens is 9. The third-order valence-electron chi connectivity index (χ3n) is 9.48. The highest BCUT2D eigenvalue weighted by molar-refractivity contribution is 5.92. The number of amides is 4. The van der Waals surface area contributed by atoms with Gasteiger partial charge in [0.05, 0.1) is 41.7 Å². The molecule has 10 nitrogen and oxygen atoms in total. The normalized spacial score (nSPS) is 13.5. The number of urea groups is 2. The molecule has 0 bridgehead atoms. The lowest BCUT2D eigenvalue weighted by Crippen LogP contribution is -2.42. The Morgan fingerprint density at radius 1 is 0.754 bits per heavy atom. The van der Waals surface area contributed by atoms with Crippen LogP contribution in [-0.2, 0) is 25.1 Å². The van der Waals surface area contributed by atoms with Crippen molar-refractivity contribution in [3.05, 3.63) is 172 Å². The van der Waals surface area contributed by atoms with Crippen LogP contribution in [0.3, 0.4) is 0 Å². The van der Waals surface area contributed by atoms with Crippen LogP contribution in [0.4, 0.5) is 60.5 Å². The molecule has 0 fully saturated rings. The number of nitriles is 2. The minimum absolute atomic E-state index is 0.0145. The fraction of sp³-hybridized carbons (Fsp3) is 0.196. The van der Waals surface area contributed by atoms with Gasteiger partial charge in [-0.25, -0.2) is 14.6 Å². The lowest BCUT2D eigenvalue weighted by atomic mass is 10.0. The Morgan fingerprint density at radius 3 is 1.95 bits per heavy atom. The number of carbonyl (C=O) groups excluding carboxylic acids is 2. The van der Waals surface area contributed by atoms with E-state index in [1.54, 1.807) is 35.2 Å². The van der Waals surface area contributed by atoms with Crippen molar-refractivity contribution in [3.63, 3.8) is 0 Å². The number of rotatable bonds is 12. The Hall–Kier alpha value is -7.80. The van der Waals surface area contributed by atoms with Crippen LogP contribution in [0.1, 0.15) is 59.3 Å². The second-order valence-electron chi connectivity index (χ2n) is 14.3. The first kappa shape index (κ1) is 48.2. The van der Waals surface area contributed by atoms with Crippen LogP contribution in [0.5, 0.6) is 0 Å². The van der Waals surface area contributed by atoms with Gasteiger partial charge in [-0.2, -0.15) is 50.0 Å². The molecule has 336 valence electrons. The summed E-state index contributed by atoms with van der Waals surface area (Å²) in [5.41, 5.74) is -1.75. The number of alkyl halides is 9. The first-order valence-electron chi connectivity index (χ1n) is 19.3. The fourth-order valence-corrected chi connectivity index (χ4v) is 6.40. The zero-order chi connectivity index (χ0) is 47.5. The van der Waals surface area contributed by atoms with Crippen LogP contribution >= 0.6 is 0 Å². The molecule has 65 heavy (non-hydrogen) atoms. The molecule has 5 rings (SSSR count). The highest BCUT2D eigenvalue weighted by Crippen LogP contribution is 2.37. The van der Waals surface area contributed by atoms with E-state index in [0.29, 0.717) is 35.5 Å². The Bertz CT molecular complexity index is 2600. The summed E-state index contributed by atoms with van der Waals surface area (Å²) in [7, 11) is 0. The lowest BCUT2D eigenvalue weighted by Gasteiger charge is -2.33. The molecule has 4 amide bonds. The molecule has 0 spiro atoms. The van der Waals surface area contributed by atoms with E-state index in [-0.39, 0.29) is 48.3 Å². The largest absolute Gasteiger partial charge is 0.416 e. The van der Waals surface area contributed by atoms with E-state index in [1.807, 2.05) is 26.0 Å². The van der Waals surface area contributed by atoms with Gasteiger partial charge in [0, 0.05) is 30.3 Å². The van der Waals surface area contributed by atoms with Crippen LogP contribution in [0.2, 0.25) is 0 Å². The molecule has 4 aromatic rings. The lowest BCUT2D eigenvalue weighted by molar-refractivity contribution is -0.143. The molecule has 1 aliphatic heterocycles. The van der Waals surface area contributed by atoms with Crippen molar-refractivity contribution in [2.24, 2.45) is 0 Å². The summed E-state index contributed by atoms with van der Waals surface area (Å²) in [4.78, 5) is 35.6. The number of pyridine rings is 1. The zero-order valence-electron chi connectivity index (χ0n) is 34.4. The maximum Gasteiger partial charge on any atom is 0.416 e. The fourth-order valence-electron chi connectivity index (χ4n) is 6.40. The zero-order valence-corrected chi connectivity index (χ0v) is 34.4. The molecule has 2 N–H and O–H groups in total. The van der Waals surface area contributed by atoms with E-state index in [4.69, 9.17) is 0 Å². The number of nitrogens with zero attached hydrogens (tertiary/aromatic N) is 6. The predicted octanol–water partition coefficient (Wildman–Crippen LogP) is 11.5. The summed E-state index contributed by atoms with van der Waals surface area (Å²) in [6.45, 7) is 3.62. The van der Waals surface area contributed by atoms with Crippen molar-refractivity contribution in [1.29, 1.82) is 10.5 Å². The quantitative estimate of drug-likeness (QED) is 0.108. The van der Waals surface area contributed by atoms with Crippen molar-refractivity contribution in [2.45, 2.75) is 45.3 Å². The minimum Gasteiger partial charge on any atom is -0.327 e. The molecule has 19 heteroatoms. The van der Waals surface area contributed by atoms with E-state index in [2.05, 4.69) is 21.7 Å². The summed E-state index contributed by atoms with van der Waals surface area (Å²) < 4.78 is 120. The molecule has 0 atom stereocenters. The SMILES string of the molecule is CC/C=C(\C)CN(C(=O)N/C=C/c1cccc(C(F)(F)F)c1)C1=CC=C(C#N)N(c2cccc(CN(C(=O)N/C=C/c3cc(C(F)(F)F)cc(C(F)(F)F)c3)c3ccc(C#N)nc3)c2)C1. The van der Waals surface area contributed by atoms with E-state index >= 15 is 0 Å². The van der Waals surface area contributed by atoms with Crippen molar-refractivity contribution in [3.8, 4) is 12.1 Å². The Balaban J connectivity index is 1.41. The number of allylic oxidation sites excluding steroid dienone is 4. The summed E-state index contributed by atoms with van der Waals surface area (Å²) in [6, 6.07) is 17.3. The number of hydrogen-bond acceptors (Lipinski definition) is 6. The average Bonchev–Trinajstić information content (AvgIpc) is 3.26. The van der Waals surface area contributed by atoms with E-state index in [0.717, 1.165) is 34.9 Å². The highest BCUT2D eigenvalue weighted by atomic mass is 19.4. The molecule has 0 saturated heterocycles. The molecular weight excluding hydrogens is 868 g/mol. The van der Waals surface area contributed by atoms with Gasteiger partial charge in [-0.3, -0.25) is 9.80 Å². The molecule has 3 aromatic carbocycles. The van der Waals surface area contributed by atoms with Gasteiger partial charge in [-0.1, -0.05) is 42.8 Å². The molecular formula is C46H37F9N8O2. The standard InChI is InChI=1S/C46H37F9N8O2/c1-3-6-30(2)27-62(42(64)58-17-15-31-7-4-9-34(19-31)44(47,48)49)41-14-13-39(25-57)61(29-41)38-10-5-8-33(22-38)28-63(40-12-11-37(24-56)60-26-40)43(65)59-18-16-32-20-35(45(50,51)52)23-36(21-32)46(53,54)55/h4-23,26H,3,27-29H2,1-2H3,(H,58,64)(H,59,65)/b17-15+,18-16+,30-6+. The maximum absolute atomic E-state index is 13.7. The van der Waals surface area contributed by atoms with Crippen molar-refractivity contribution in [2.75, 3.05) is 22.9 Å². The number of nitrogens with one attached hydrogen (secondary N) is 2. The number of anilines is 2. The number of carbonyl (C=O) groups is 2. The van der Waals surface area contributed by atoms with Gasteiger partial charge < -0.3 is 15.5 Å². The Kier molecular flexibility index (Phi) is 15.3. The topological polar surface area (TPSA) is 128 Å². The predicted molar refractivity (Wildman–Crippen MR) is 224 cm³/mol. The summed E-state index contributed by atoms with van der Waals surface area (Å²) in [5, 5.41) is 24.4. The third-order valence-corrected chi connectivity index (χ3v) is 9.48. The number of hydrogen-bond donors (Lipinski definition) is 2. The third kappa shape index (κ3) is 13.1. The second-order valence-corrected chi connectivity index (χ2v) is 14.3. The van der Waals surface area contributed by atoms with Gasteiger partial charge in [0.25, 0.3) is 0 Å². The smallest absolute Gasteiger partial charge is 0.327 e. The Labute approximate surface area is 367 Å². The van der Waals surface area contributed by atoms with Gasteiger partial charge in [0.1, 0.15) is 23.5 Å². The van der Waals surface area contributed by atoms with Crippen LogP contribution in [0.25, 0.3) is 12.2 Å². The van der Waals surface area contributed by atoms with E-state index in [9.17, 15) is 59.6 Å². The highest BCUT2D eigenvalue weighted by Gasteiger charge is 2.37. The molecule has 0 aliphatic carbocycles. The first-order chi connectivity index (χ1) is 30.7. The first-order valence-corrected chi connectivity index (χ1v) is 19.3. The number of aromatic nitrogens is 1.